The maximum atomic E-state index is 14.5. The third-order valence-corrected chi connectivity index (χ3v) is 6.17. The van der Waals surface area contributed by atoms with Crippen molar-refractivity contribution in [3.63, 3.8) is 0 Å². The van der Waals surface area contributed by atoms with Crippen molar-refractivity contribution in [2.75, 3.05) is 5.73 Å². The molecule has 4 heterocycles. The van der Waals surface area contributed by atoms with E-state index in [2.05, 4.69) is 15.0 Å². The number of anilines is 1. The number of carbonyl (C=O) groups excluding carboxylic acids is 1. The summed E-state index contributed by atoms with van der Waals surface area (Å²) in [6, 6.07) is 3.09. The Bertz CT molecular complexity index is 1110. The zero-order valence-corrected chi connectivity index (χ0v) is 19.0. The molecular formula is C21H23FIN5O2. The lowest BCUT2D eigenvalue weighted by Gasteiger charge is -2.30. The van der Waals surface area contributed by atoms with E-state index in [9.17, 15) is 9.18 Å². The number of hydrogen-bond donors (Lipinski definition) is 2. The summed E-state index contributed by atoms with van der Waals surface area (Å²) in [4.78, 5) is 27.0. The first-order chi connectivity index (χ1) is 14.4. The fraction of sp³-hybridized carbons (Fsp3) is 0.381. The molecule has 0 bridgehead atoms. The number of nitrogens with zero attached hydrogens (tertiary/aromatic N) is 3. The number of nitrogens with two attached hydrogens (primary N) is 1. The average Bonchev–Trinajstić information content (AvgIpc) is 3.36. The van der Waals surface area contributed by atoms with Gasteiger partial charge in [0.05, 0.1) is 36.5 Å². The molecule has 0 saturated carbocycles. The molecule has 0 saturated heterocycles. The molecule has 1 amide bonds. The van der Waals surface area contributed by atoms with Gasteiger partial charge in [0.25, 0.3) is 5.91 Å². The average molecular weight is 523 g/mol. The van der Waals surface area contributed by atoms with Crippen LogP contribution in [0.2, 0.25) is 0 Å². The summed E-state index contributed by atoms with van der Waals surface area (Å²) in [5, 5.41) is 0. The van der Waals surface area contributed by atoms with Gasteiger partial charge in [0.15, 0.2) is 0 Å². The summed E-state index contributed by atoms with van der Waals surface area (Å²) in [6.45, 7) is 4.98. The van der Waals surface area contributed by atoms with Crippen LogP contribution in [0.3, 0.4) is 0 Å². The Labute approximate surface area is 187 Å². The van der Waals surface area contributed by atoms with Crippen molar-refractivity contribution >= 4 is 45.3 Å². The summed E-state index contributed by atoms with van der Waals surface area (Å²) >= 11 is 2.02. The van der Waals surface area contributed by atoms with Crippen LogP contribution in [0.1, 0.15) is 54.0 Å². The van der Waals surface area contributed by atoms with Crippen LogP contribution in [-0.2, 0) is 24.5 Å². The SMILES string of the molecule is CCC(CC)N(Cc1ncc(I)cc1F)C(=O)c1cc2nc(N)c3c(c2[nH]1)COC3. The molecule has 0 spiro atoms. The first-order valence-electron chi connectivity index (χ1n) is 9.91. The van der Waals surface area contributed by atoms with Crippen molar-refractivity contribution in [3.8, 4) is 0 Å². The van der Waals surface area contributed by atoms with E-state index < -0.39 is 5.82 Å². The summed E-state index contributed by atoms with van der Waals surface area (Å²) in [7, 11) is 0. The molecule has 30 heavy (non-hydrogen) atoms. The predicted molar refractivity (Wildman–Crippen MR) is 120 cm³/mol. The molecule has 0 aliphatic carbocycles. The fourth-order valence-electron chi connectivity index (χ4n) is 3.93. The number of nitrogen functional groups attached to an aromatic ring is 1. The number of fused-ring (bicyclic) bond motifs is 3. The Morgan fingerprint density at radius 3 is 2.77 bits per heavy atom. The highest BCUT2D eigenvalue weighted by Gasteiger charge is 2.27. The Morgan fingerprint density at radius 2 is 2.07 bits per heavy atom. The van der Waals surface area contributed by atoms with Gasteiger partial charge in [-0.15, -0.1) is 0 Å². The third kappa shape index (κ3) is 3.76. The third-order valence-electron chi connectivity index (χ3n) is 5.58. The molecule has 4 rings (SSSR count). The second kappa shape index (κ2) is 8.46. The van der Waals surface area contributed by atoms with Crippen LogP contribution in [-0.4, -0.2) is 31.8 Å². The molecule has 0 atom stereocenters. The largest absolute Gasteiger partial charge is 0.383 e. The number of hydrogen-bond acceptors (Lipinski definition) is 5. The summed E-state index contributed by atoms with van der Waals surface area (Å²) in [6.07, 6.45) is 3.11. The Balaban J connectivity index is 1.73. The molecule has 0 unspecified atom stereocenters. The molecule has 1 aliphatic heterocycles. The van der Waals surface area contributed by atoms with Gasteiger partial charge >= 0.3 is 0 Å². The molecule has 0 fully saturated rings. The normalized spacial score (nSPS) is 13.2. The van der Waals surface area contributed by atoms with Gasteiger partial charge in [-0.1, -0.05) is 13.8 Å². The number of rotatable bonds is 6. The number of H-pyrrole nitrogens is 1. The van der Waals surface area contributed by atoms with Gasteiger partial charge in [-0.3, -0.25) is 9.78 Å². The molecule has 9 heteroatoms. The first kappa shape index (κ1) is 21.0. The molecule has 1 aliphatic rings. The number of halogens is 2. The van der Waals surface area contributed by atoms with E-state index in [4.69, 9.17) is 10.5 Å². The number of nitrogens with one attached hydrogen (secondary N) is 1. The lowest BCUT2D eigenvalue weighted by molar-refractivity contribution is 0.0639. The second-order valence-corrected chi connectivity index (χ2v) is 8.62. The summed E-state index contributed by atoms with van der Waals surface area (Å²) in [5.74, 6) is -0.200. The number of aromatic amines is 1. The van der Waals surface area contributed by atoms with Crippen LogP contribution >= 0.6 is 22.6 Å². The lowest BCUT2D eigenvalue weighted by Crippen LogP contribution is -2.39. The van der Waals surface area contributed by atoms with Gasteiger partial charge in [0.2, 0.25) is 0 Å². The Hall–Kier alpha value is -2.27. The van der Waals surface area contributed by atoms with E-state index in [0.717, 1.165) is 29.5 Å². The highest BCUT2D eigenvalue weighted by atomic mass is 127. The molecule has 0 radical (unpaired) electrons. The van der Waals surface area contributed by atoms with Crippen molar-refractivity contribution in [1.82, 2.24) is 19.9 Å². The van der Waals surface area contributed by atoms with Crippen LogP contribution in [0.4, 0.5) is 10.2 Å². The molecule has 7 nitrogen and oxygen atoms in total. The fourth-order valence-corrected chi connectivity index (χ4v) is 4.34. The maximum Gasteiger partial charge on any atom is 0.270 e. The van der Waals surface area contributed by atoms with Crippen molar-refractivity contribution in [3.05, 3.63) is 50.2 Å². The Kier molecular flexibility index (Phi) is 5.92. The van der Waals surface area contributed by atoms with Crippen molar-refractivity contribution in [2.24, 2.45) is 0 Å². The molecule has 3 aromatic rings. The number of carbonyl (C=O) groups is 1. The van der Waals surface area contributed by atoms with Gasteiger partial charge in [-0.05, 0) is 47.6 Å². The minimum absolute atomic E-state index is 0.0449. The highest BCUT2D eigenvalue weighted by molar-refractivity contribution is 14.1. The number of pyridine rings is 2. The minimum Gasteiger partial charge on any atom is -0.383 e. The maximum absolute atomic E-state index is 14.5. The summed E-state index contributed by atoms with van der Waals surface area (Å²) < 4.78 is 20.7. The molecule has 3 N–H and O–H groups in total. The smallest absolute Gasteiger partial charge is 0.270 e. The van der Waals surface area contributed by atoms with E-state index in [-0.39, 0.29) is 24.2 Å². The molecule has 3 aromatic heterocycles. The van der Waals surface area contributed by atoms with Gasteiger partial charge < -0.3 is 20.4 Å². The van der Waals surface area contributed by atoms with Crippen LogP contribution in [0.15, 0.2) is 18.3 Å². The van der Waals surface area contributed by atoms with Gasteiger partial charge in [-0.25, -0.2) is 9.37 Å². The zero-order chi connectivity index (χ0) is 21.4. The second-order valence-electron chi connectivity index (χ2n) is 7.38. The number of ether oxygens (including phenoxy) is 1. The predicted octanol–water partition coefficient (Wildman–Crippen LogP) is 4.15. The van der Waals surface area contributed by atoms with Gasteiger partial charge in [-0.2, -0.15) is 0 Å². The van der Waals surface area contributed by atoms with Crippen molar-refractivity contribution in [2.45, 2.75) is 52.5 Å². The standard InChI is InChI=1S/C21H23FIN5O2/c1-3-12(4-2)28(8-18-15(22)5-11(23)7-25-18)21(29)17-6-16-19(26-17)13-9-30-10-14(13)20(24)27-16/h5-7,12,26H,3-4,8-10H2,1-2H3,(H2,24,27). The van der Waals surface area contributed by atoms with Crippen LogP contribution < -0.4 is 5.73 Å². The van der Waals surface area contributed by atoms with E-state index in [0.29, 0.717) is 33.8 Å². The zero-order valence-electron chi connectivity index (χ0n) is 16.8. The Morgan fingerprint density at radius 1 is 1.33 bits per heavy atom. The van der Waals surface area contributed by atoms with Crippen LogP contribution in [0, 0.1) is 9.39 Å². The minimum atomic E-state index is -0.410. The van der Waals surface area contributed by atoms with Gasteiger partial charge in [0, 0.05) is 26.9 Å². The molecule has 0 aromatic carbocycles. The monoisotopic (exact) mass is 523 g/mol. The van der Waals surface area contributed by atoms with E-state index in [1.165, 1.54) is 6.07 Å². The van der Waals surface area contributed by atoms with E-state index >= 15 is 0 Å². The molecular weight excluding hydrogens is 500 g/mol. The highest BCUT2D eigenvalue weighted by Crippen LogP contribution is 2.31. The van der Waals surface area contributed by atoms with Crippen molar-refractivity contribution < 1.29 is 13.9 Å². The van der Waals surface area contributed by atoms with Crippen LogP contribution in [0.25, 0.3) is 11.0 Å². The van der Waals surface area contributed by atoms with E-state index in [1.54, 1.807) is 17.2 Å². The number of amides is 1. The topological polar surface area (TPSA) is 97.1 Å². The van der Waals surface area contributed by atoms with Crippen LogP contribution in [0.5, 0.6) is 0 Å². The first-order valence-corrected chi connectivity index (χ1v) is 11.0. The van der Waals surface area contributed by atoms with Crippen molar-refractivity contribution in [1.29, 1.82) is 0 Å². The molecule has 158 valence electrons. The lowest BCUT2D eigenvalue weighted by atomic mass is 10.1. The quantitative estimate of drug-likeness (QED) is 0.474. The van der Waals surface area contributed by atoms with E-state index in [1.807, 2.05) is 36.4 Å². The van der Waals surface area contributed by atoms with Gasteiger partial charge in [0.1, 0.15) is 17.3 Å². The number of aromatic nitrogens is 3. The summed E-state index contributed by atoms with van der Waals surface area (Å²) in [5.41, 5.74) is 9.91.